The summed E-state index contributed by atoms with van der Waals surface area (Å²) in [5.74, 6) is 0.287. The monoisotopic (exact) mass is 694 g/mol. The number of hydrogen-bond donors (Lipinski definition) is 1. The second-order valence-electron chi connectivity index (χ2n) is 12.2. The van der Waals surface area contributed by atoms with Gasteiger partial charge in [-0.25, -0.2) is 12.4 Å². The summed E-state index contributed by atoms with van der Waals surface area (Å²) < 4.78 is 49.3. The molecule has 2 atom stereocenters. The van der Waals surface area contributed by atoms with Gasteiger partial charge in [-0.2, -0.15) is 5.14 Å². The van der Waals surface area contributed by atoms with Gasteiger partial charge in [0.2, 0.25) is 0 Å². The van der Waals surface area contributed by atoms with E-state index in [-0.39, 0.29) is 4.90 Å². The van der Waals surface area contributed by atoms with Crippen LogP contribution in [0.5, 0.6) is 5.75 Å². The van der Waals surface area contributed by atoms with E-state index in [1.165, 1.54) is 0 Å². The van der Waals surface area contributed by atoms with Crippen LogP contribution in [0.25, 0.3) is 10.9 Å². The van der Waals surface area contributed by atoms with Crippen molar-refractivity contribution in [2.75, 3.05) is 7.11 Å². The zero-order valence-electron chi connectivity index (χ0n) is 27.2. The summed E-state index contributed by atoms with van der Waals surface area (Å²) in [6, 6.07) is 44.6. The highest BCUT2D eigenvalue weighted by Gasteiger charge is 2.44. The van der Waals surface area contributed by atoms with Crippen molar-refractivity contribution < 1.29 is 17.7 Å². The summed E-state index contributed by atoms with van der Waals surface area (Å²) in [5.41, 5.74) is 3.07. The van der Waals surface area contributed by atoms with Crippen LogP contribution < -0.4 is 20.5 Å². The molecule has 1 heterocycles. The molecule has 0 aliphatic carbocycles. The Hall–Kier alpha value is -3.91. The third-order valence-corrected chi connectivity index (χ3v) is 14.5. The summed E-state index contributed by atoms with van der Waals surface area (Å²) in [6.07, 6.45) is 0.898. The van der Waals surface area contributed by atoms with Gasteiger partial charge in [0.15, 0.2) is 0 Å². The van der Waals surface area contributed by atoms with Crippen LogP contribution in [-0.2, 0) is 34.0 Å². The lowest BCUT2D eigenvalue weighted by Crippen LogP contribution is -2.44. The van der Waals surface area contributed by atoms with Crippen LogP contribution in [0.1, 0.15) is 36.6 Å². The van der Waals surface area contributed by atoms with Crippen LogP contribution >= 0.6 is 7.92 Å². The van der Waals surface area contributed by atoms with Gasteiger partial charge in [0.1, 0.15) is 10.5 Å². The quantitative estimate of drug-likeness (QED) is 0.108. The number of nitrogens with zero attached hydrogens (tertiary/aromatic N) is 1. The Morgan fingerprint density at radius 2 is 1.38 bits per heavy atom. The number of aromatic nitrogens is 1. The van der Waals surface area contributed by atoms with E-state index in [1.54, 1.807) is 35.3 Å². The molecule has 9 heteroatoms. The summed E-state index contributed by atoms with van der Waals surface area (Å²) in [4.78, 5) is 0.202. The van der Waals surface area contributed by atoms with Crippen molar-refractivity contribution in [3.8, 4) is 5.75 Å². The highest BCUT2D eigenvalue weighted by atomic mass is 32.2. The van der Waals surface area contributed by atoms with E-state index in [1.807, 2.05) is 105 Å². The number of nitrogens with two attached hydrogens (primary N) is 1. The van der Waals surface area contributed by atoms with Crippen molar-refractivity contribution in [3.05, 3.63) is 156 Å². The number of benzene rings is 5. The Morgan fingerprint density at radius 1 is 0.812 bits per heavy atom. The number of ether oxygens (including phenoxy) is 1. The second-order valence-corrected chi connectivity index (χ2v) is 17.9. The SMILES string of the molecule is COc1cccc(CC(c2c(CP(c3ccccc3)c3ccccc3)n(S(=O)(=O)c3ccccc3)c3ccccc23)C(C)(C)[S+](N)[O-])c1. The molecule has 0 aliphatic rings. The molecular formula is C39H39N2O4PS2. The average molecular weight is 695 g/mol. The zero-order chi connectivity index (χ0) is 33.9. The first-order valence-corrected chi connectivity index (χ1v) is 19.9. The van der Waals surface area contributed by atoms with Crippen LogP contribution in [-0.4, -0.2) is 28.8 Å². The molecule has 48 heavy (non-hydrogen) atoms. The second kappa shape index (κ2) is 14.3. The van der Waals surface area contributed by atoms with Crippen molar-refractivity contribution in [1.29, 1.82) is 0 Å². The Morgan fingerprint density at radius 3 is 1.96 bits per heavy atom. The summed E-state index contributed by atoms with van der Waals surface area (Å²) in [6.45, 7) is 3.82. The molecule has 6 nitrogen and oxygen atoms in total. The lowest BCUT2D eigenvalue weighted by molar-refractivity contribution is 0.413. The first-order valence-electron chi connectivity index (χ1n) is 15.7. The highest BCUT2D eigenvalue weighted by molar-refractivity contribution is 7.90. The number of fused-ring (bicyclic) bond motifs is 1. The molecule has 0 fully saturated rings. The molecule has 0 radical (unpaired) electrons. The van der Waals surface area contributed by atoms with Gasteiger partial charge in [0.25, 0.3) is 10.0 Å². The minimum atomic E-state index is -4.07. The lowest BCUT2D eigenvalue weighted by atomic mass is 9.81. The van der Waals surface area contributed by atoms with Crippen LogP contribution in [0.4, 0.5) is 0 Å². The van der Waals surface area contributed by atoms with Gasteiger partial charge in [-0.05, 0) is 80.3 Å². The number of hydrogen-bond acceptors (Lipinski definition) is 5. The van der Waals surface area contributed by atoms with Crippen LogP contribution in [0.15, 0.2) is 144 Å². The normalized spacial score (nSPS) is 13.5. The lowest BCUT2D eigenvalue weighted by Gasteiger charge is -2.34. The molecule has 1 aromatic heterocycles. The molecule has 0 saturated carbocycles. The predicted molar refractivity (Wildman–Crippen MR) is 200 cm³/mol. The fourth-order valence-corrected chi connectivity index (χ4v) is 10.9. The highest BCUT2D eigenvalue weighted by Crippen LogP contribution is 2.48. The fraction of sp³-hybridized carbons (Fsp3) is 0.179. The fourth-order valence-electron chi connectivity index (χ4n) is 6.37. The van der Waals surface area contributed by atoms with Gasteiger partial charge in [-0.1, -0.05) is 109 Å². The van der Waals surface area contributed by atoms with E-state index in [0.29, 0.717) is 29.5 Å². The Kier molecular flexibility index (Phi) is 10.1. The Labute approximate surface area is 287 Å². The van der Waals surface area contributed by atoms with Gasteiger partial charge in [-0.3, -0.25) is 0 Å². The molecule has 0 amide bonds. The summed E-state index contributed by atoms with van der Waals surface area (Å²) in [5, 5.41) is 9.36. The molecule has 6 rings (SSSR count). The van der Waals surface area contributed by atoms with Gasteiger partial charge in [0, 0.05) is 34.5 Å². The van der Waals surface area contributed by atoms with E-state index in [0.717, 1.165) is 27.1 Å². The molecule has 2 unspecified atom stereocenters. The first kappa shape index (κ1) is 34.0. The summed E-state index contributed by atoms with van der Waals surface area (Å²) >= 11 is -1.76. The van der Waals surface area contributed by atoms with E-state index in [4.69, 9.17) is 9.88 Å². The number of methoxy groups -OCH3 is 1. The Balaban J connectivity index is 1.69. The van der Waals surface area contributed by atoms with Crippen molar-refractivity contribution in [2.45, 2.75) is 42.0 Å². The largest absolute Gasteiger partial charge is 0.598 e. The minimum absolute atomic E-state index is 0.202. The standard InChI is InChI=1S/C39H39N2O4PS2/c1-39(2,47(40)42)35(27-29-16-15-17-30(26-29)45-3)38-34-24-13-14-25-36(34)41(48(43,44)33-22-11-6-12-23-33)37(38)28-46(31-18-7-4-8-19-31)32-20-9-5-10-21-32/h4-26,35H,27-28,40H2,1-3H3. The molecule has 0 bridgehead atoms. The van der Waals surface area contributed by atoms with Gasteiger partial charge < -0.3 is 9.29 Å². The molecule has 0 saturated heterocycles. The third kappa shape index (κ3) is 6.69. The maximum absolute atomic E-state index is 14.9. The summed E-state index contributed by atoms with van der Waals surface area (Å²) in [7, 11) is -3.51. The zero-order valence-corrected chi connectivity index (χ0v) is 29.7. The molecule has 0 aliphatic heterocycles. The van der Waals surface area contributed by atoms with Gasteiger partial charge >= 0.3 is 0 Å². The van der Waals surface area contributed by atoms with Crippen molar-refractivity contribution >= 4 is 50.8 Å². The molecular weight excluding hydrogens is 656 g/mol. The Bertz CT molecular complexity index is 2060. The van der Waals surface area contributed by atoms with Crippen molar-refractivity contribution in [1.82, 2.24) is 3.97 Å². The smallest absolute Gasteiger partial charge is 0.268 e. The third-order valence-electron chi connectivity index (χ3n) is 8.97. The topological polar surface area (TPSA) is 97.4 Å². The van der Waals surface area contributed by atoms with E-state index in [9.17, 15) is 13.0 Å². The van der Waals surface area contributed by atoms with E-state index >= 15 is 0 Å². The van der Waals surface area contributed by atoms with Crippen LogP contribution in [0.3, 0.4) is 0 Å². The number of para-hydroxylation sites is 1. The molecule has 5 aromatic carbocycles. The van der Waals surface area contributed by atoms with Gasteiger partial charge in [0.05, 0.1) is 17.5 Å². The number of rotatable bonds is 12. The molecule has 246 valence electrons. The molecule has 6 aromatic rings. The van der Waals surface area contributed by atoms with Gasteiger partial charge in [-0.15, -0.1) is 0 Å². The average Bonchev–Trinajstić information content (AvgIpc) is 3.44. The van der Waals surface area contributed by atoms with Crippen molar-refractivity contribution in [2.24, 2.45) is 5.14 Å². The maximum atomic E-state index is 14.9. The van der Waals surface area contributed by atoms with Crippen LogP contribution in [0, 0.1) is 0 Å². The minimum Gasteiger partial charge on any atom is -0.598 e. The van der Waals surface area contributed by atoms with Crippen molar-refractivity contribution in [3.63, 3.8) is 0 Å². The van der Waals surface area contributed by atoms with E-state index in [2.05, 4.69) is 24.3 Å². The first-order chi connectivity index (χ1) is 23.1. The van der Waals surface area contributed by atoms with Crippen LogP contribution in [0.2, 0.25) is 0 Å². The maximum Gasteiger partial charge on any atom is 0.268 e. The predicted octanol–water partition coefficient (Wildman–Crippen LogP) is 7.25. The molecule has 2 N–H and O–H groups in total. The van der Waals surface area contributed by atoms with E-state index < -0.39 is 40.0 Å². The molecule has 0 spiro atoms.